The fourth-order valence-electron chi connectivity index (χ4n) is 3.76. The van der Waals surface area contributed by atoms with E-state index in [0.717, 1.165) is 38.0 Å². The maximum absolute atomic E-state index is 11.0. The summed E-state index contributed by atoms with van der Waals surface area (Å²) < 4.78 is 0. The van der Waals surface area contributed by atoms with Crippen LogP contribution in [0.1, 0.15) is 22.3 Å². The van der Waals surface area contributed by atoms with Crippen molar-refractivity contribution in [1.29, 1.82) is 0 Å². The maximum Gasteiger partial charge on any atom is 0.283 e. The first kappa shape index (κ1) is 17.4. The van der Waals surface area contributed by atoms with E-state index < -0.39 is 11.7 Å². The van der Waals surface area contributed by atoms with Gasteiger partial charge in [-0.2, -0.15) is 0 Å². The Morgan fingerprint density at radius 3 is 2.93 bits per heavy atom. The largest absolute Gasteiger partial charge is 0.503 e. The molecule has 4 N–H and O–H groups in total. The molecule has 0 saturated heterocycles. The zero-order valence-electron chi connectivity index (χ0n) is 15.1. The van der Waals surface area contributed by atoms with E-state index in [4.69, 9.17) is 5.73 Å². The number of benzene rings is 2. The highest BCUT2D eigenvalue weighted by Gasteiger charge is 2.17. The van der Waals surface area contributed by atoms with Crippen LogP contribution in [0.25, 0.3) is 17.0 Å². The minimum atomic E-state index is -0.809. The molecule has 0 fully saturated rings. The van der Waals surface area contributed by atoms with Gasteiger partial charge in [-0.05, 0) is 47.2 Å². The van der Waals surface area contributed by atoms with Crippen LogP contribution in [-0.2, 0) is 24.2 Å². The summed E-state index contributed by atoms with van der Waals surface area (Å²) in [4.78, 5) is 16.8. The third kappa shape index (κ3) is 3.73. The van der Waals surface area contributed by atoms with Crippen LogP contribution in [0.15, 0.2) is 54.4 Å². The van der Waals surface area contributed by atoms with Crippen molar-refractivity contribution in [3.8, 4) is 0 Å². The molecule has 5 heteroatoms. The Bertz CT molecular complexity index is 1020. The number of carbonyl (C=O) groups is 1. The van der Waals surface area contributed by atoms with Gasteiger partial charge in [0.2, 0.25) is 0 Å². The fourth-order valence-corrected chi connectivity index (χ4v) is 3.76. The van der Waals surface area contributed by atoms with Crippen LogP contribution in [-0.4, -0.2) is 34.0 Å². The number of hydrogen-bond donors (Lipinski definition) is 3. The Morgan fingerprint density at radius 1 is 1.22 bits per heavy atom. The van der Waals surface area contributed by atoms with E-state index in [-0.39, 0.29) is 0 Å². The van der Waals surface area contributed by atoms with Crippen LogP contribution in [0.3, 0.4) is 0 Å². The van der Waals surface area contributed by atoms with Gasteiger partial charge in [0.25, 0.3) is 5.91 Å². The molecule has 1 amide bonds. The van der Waals surface area contributed by atoms with E-state index in [1.165, 1.54) is 33.7 Å². The Hall–Kier alpha value is -3.05. The topological polar surface area (TPSA) is 82.3 Å². The standard InChI is InChI=1S/C22H23N3O2/c23-22(27)21(26)12-15-5-6-18-14-25(9-7-16(18)11-15)10-8-17-13-24-20-4-2-1-3-19(17)20/h1-6,11-13,24,26H,7-10,14H2,(H2,23,27). The molecule has 27 heavy (non-hydrogen) atoms. The highest BCUT2D eigenvalue weighted by Crippen LogP contribution is 2.23. The van der Waals surface area contributed by atoms with E-state index in [2.05, 4.69) is 46.4 Å². The van der Waals surface area contributed by atoms with Crippen molar-refractivity contribution in [2.24, 2.45) is 5.73 Å². The normalized spacial score (nSPS) is 15.0. The van der Waals surface area contributed by atoms with Crippen molar-refractivity contribution < 1.29 is 9.90 Å². The second kappa shape index (κ2) is 7.29. The molecule has 4 rings (SSSR count). The van der Waals surface area contributed by atoms with Crippen LogP contribution in [0, 0.1) is 0 Å². The Balaban J connectivity index is 1.43. The highest BCUT2D eigenvalue weighted by atomic mass is 16.3. The van der Waals surface area contributed by atoms with Gasteiger partial charge in [0.15, 0.2) is 5.76 Å². The molecule has 0 aliphatic carbocycles. The molecule has 1 aromatic heterocycles. The predicted octanol–water partition coefficient (Wildman–Crippen LogP) is 3.15. The first-order valence-electron chi connectivity index (χ1n) is 9.20. The number of aromatic amines is 1. The SMILES string of the molecule is NC(=O)C(O)=Cc1ccc2c(c1)CCN(CCc1c[nH]c3ccccc13)C2. The van der Waals surface area contributed by atoms with Crippen LogP contribution >= 0.6 is 0 Å². The number of hydrogen-bond acceptors (Lipinski definition) is 3. The minimum absolute atomic E-state index is 0.411. The smallest absolute Gasteiger partial charge is 0.283 e. The average molecular weight is 361 g/mol. The summed E-state index contributed by atoms with van der Waals surface area (Å²) in [6.45, 7) is 2.94. The third-order valence-corrected chi connectivity index (χ3v) is 5.25. The van der Waals surface area contributed by atoms with Crippen molar-refractivity contribution in [1.82, 2.24) is 9.88 Å². The molecule has 138 valence electrons. The predicted molar refractivity (Wildman–Crippen MR) is 107 cm³/mol. The van der Waals surface area contributed by atoms with Gasteiger partial charge in [0.1, 0.15) is 0 Å². The Kier molecular flexibility index (Phi) is 4.69. The number of primary amides is 1. The summed E-state index contributed by atoms with van der Waals surface area (Å²) in [5, 5.41) is 10.8. The van der Waals surface area contributed by atoms with Crippen LogP contribution < -0.4 is 5.73 Å². The number of aliphatic hydroxyl groups excluding tert-OH is 1. The molecule has 0 atom stereocenters. The van der Waals surface area contributed by atoms with Crippen molar-refractivity contribution in [2.45, 2.75) is 19.4 Å². The fraction of sp³-hybridized carbons (Fsp3) is 0.227. The molecule has 0 unspecified atom stereocenters. The summed E-state index contributed by atoms with van der Waals surface area (Å²) in [6, 6.07) is 14.4. The van der Waals surface area contributed by atoms with Crippen molar-refractivity contribution >= 4 is 22.9 Å². The number of carbonyl (C=O) groups excluding carboxylic acids is 1. The number of fused-ring (bicyclic) bond motifs is 2. The molecule has 1 aliphatic rings. The van der Waals surface area contributed by atoms with Gasteiger partial charge < -0.3 is 15.8 Å². The van der Waals surface area contributed by atoms with Gasteiger partial charge >= 0.3 is 0 Å². The number of nitrogens with zero attached hydrogens (tertiary/aromatic N) is 1. The molecule has 0 radical (unpaired) electrons. The zero-order valence-corrected chi connectivity index (χ0v) is 15.1. The third-order valence-electron chi connectivity index (χ3n) is 5.25. The van der Waals surface area contributed by atoms with Gasteiger partial charge in [0.05, 0.1) is 0 Å². The number of nitrogens with two attached hydrogens (primary N) is 1. The molecule has 0 spiro atoms. The van der Waals surface area contributed by atoms with Crippen LogP contribution in [0.5, 0.6) is 0 Å². The molecule has 3 aromatic rings. The summed E-state index contributed by atoms with van der Waals surface area (Å²) in [7, 11) is 0. The number of nitrogens with one attached hydrogen (secondary N) is 1. The number of rotatable bonds is 5. The molecule has 5 nitrogen and oxygen atoms in total. The number of aromatic nitrogens is 1. The van der Waals surface area contributed by atoms with Gasteiger partial charge in [-0.3, -0.25) is 9.69 Å². The lowest BCUT2D eigenvalue weighted by Gasteiger charge is -2.29. The molecule has 0 saturated carbocycles. The van der Waals surface area contributed by atoms with E-state index >= 15 is 0 Å². The molecular weight excluding hydrogens is 338 g/mol. The van der Waals surface area contributed by atoms with E-state index in [9.17, 15) is 9.90 Å². The van der Waals surface area contributed by atoms with Gasteiger partial charge in [-0.1, -0.05) is 36.4 Å². The van der Waals surface area contributed by atoms with Crippen molar-refractivity contribution in [3.05, 3.63) is 76.7 Å². The number of H-pyrrole nitrogens is 1. The first-order chi connectivity index (χ1) is 13.1. The van der Waals surface area contributed by atoms with E-state index in [0.29, 0.717) is 0 Å². The maximum atomic E-state index is 11.0. The molecule has 2 aromatic carbocycles. The summed E-state index contributed by atoms with van der Waals surface area (Å²) in [5.74, 6) is -1.22. The molecule has 0 bridgehead atoms. The lowest BCUT2D eigenvalue weighted by Crippen LogP contribution is -2.32. The zero-order chi connectivity index (χ0) is 18.8. The highest BCUT2D eigenvalue weighted by molar-refractivity contribution is 5.94. The molecule has 2 heterocycles. The quantitative estimate of drug-likeness (QED) is 0.482. The molecule has 1 aliphatic heterocycles. The van der Waals surface area contributed by atoms with E-state index in [1.54, 1.807) is 0 Å². The summed E-state index contributed by atoms with van der Waals surface area (Å²) in [5.41, 5.74) is 11.0. The summed E-state index contributed by atoms with van der Waals surface area (Å²) >= 11 is 0. The second-order valence-electron chi connectivity index (χ2n) is 7.06. The Labute approximate surface area is 158 Å². The van der Waals surface area contributed by atoms with Gasteiger partial charge in [-0.15, -0.1) is 0 Å². The average Bonchev–Trinajstić information content (AvgIpc) is 3.09. The van der Waals surface area contributed by atoms with Crippen LogP contribution in [0.4, 0.5) is 0 Å². The molecular formula is C22H23N3O2. The first-order valence-corrected chi connectivity index (χ1v) is 9.20. The second-order valence-corrected chi connectivity index (χ2v) is 7.06. The van der Waals surface area contributed by atoms with Crippen molar-refractivity contribution in [2.75, 3.05) is 13.1 Å². The Morgan fingerprint density at radius 2 is 2.07 bits per heavy atom. The van der Waals surface area contributed by atoms with Crippen molar-refractivity contribution in [3.63, 3.8) is 0 Å². The van der Waals surface area contributed by atoms with Crippen LogP contribution in [0.2, 0.25) is 0 Å². The number of amides is 1. The van der Waals surface area contributed by atoms with E-state index in [1.807, 2.05) is 12.1 Å². The number of aliphatic hydroxyl groups is 1. The van der Waals surface area contributed by atoms with Gasteiger partial charge in [0, 0.05) is 36.7 Å². The van der Waals surface area contributed by atoms with Gasteiger partial charge in [-0.25, -0.2) is 0 Å². The minimum Gasteiger partial charge on any atom is -0.503 e. The summed E-state index contributed by atoms with van der Waals surface area (Å²) in [6.07, 6.45) is 5.52. The lowest BCUT2D eigenvalue weighted by atomic mass is 9.96. The lowest BCUT2D eigenvalue weighted by molar-refractivity contribution is -0.116. The monoisotopic (exact) mass is 361 g/mol. The number of para-hydroxylation sites is 1.